The third-order valence-corrected chi connectivity index (χ3v) is 1.65. The van der Waals surface area contributed by atoms with Crippen molar-refractivity contribution in [2.24, 2.45) is 0 Å². The largest absolute Gasteiger partial charge is 0.392 e. The normalized spacial score (nSPS) is 35.3. The van der Waals surface area contributed by atoms with Gasteiger partial charge in [-0.1, -0.05) is 0 Å². The monoisotopic (exact) mass is 130 g/mol. The molecular weight excluding hydrogens is 116 g/mol. The molecule has 3 nitrogen and oxygen atoms in total. The lowest BCUT2D eigenvalue weighted by atomic mass is 10.2. The zero-order chi connectivity index (χ0) is 6.69. The van der Waals surface area contributed by atoms with Gasteiger partial charge in [0.25, 0.3) is 0 Å². The van der Waals surface area contributed by atoms with E-state index in [1.54, 1.807) is 0 Å². The Morgan fingerprint density at radius 1 is 1.78 bits per heavy atom. The fourth-order valence-electron chi connectivity index (χ4n) is 1.20. The Hall–Kier alpha value is -0.120. The van der Waals surface area contributed by atoms with E-state index in [2.05, 4.69) is 10.6 Å². The van der Waals surface area contributed by atoms with Crippen molar-refractivity contribution >= 4 is 0 Å². The first-order valence-corrected chi connectivity index (χ1v) is 3.39. The molecule has 54 valence electrons. The first-order valence-electron chi connectivity index (χ1n) is 3.39. The van der Waals surface area contributed by atoms with Crippen molar-refractivity contribution < 1.29 is 5.11 Å². The molecule has 0 aromatic heterocycles. The summed E-state index contributed by atoms with van der Waals surface area (Å²) in [5.41, 5.74) is 0. The lowest BCUT2D eigenvalue weighted by Gasteiger charge is -2.06. The van der Waals surface area contributed by atoms with Gasteiger partial charge in [-0.2, -0.15) is 0 Å². The maximum atomic E-state index is 9.04. The molecule has 0 aromatic carbocycles. The molecule has 0 radical (unpaired) electrons. The van der Waals surface area contributed by atoms with Crippen LogP contribution in [0.2, 0.25) is 0 Å². The smallest absolute Gasteiger partial charge is 0.0680 e. The van der Waals surface area contributed by atoms with E-state index in [-0.39, 0.29) is 6.10 Å². The number of hydrogen-bond acceptors (Lipinski definition) is 3. The van der Waals surface area contributed by atoms with Crippen LogP contribution in [0, 0.1) is 0 Å². The van der Waals surface area contributed by atoms with Gasteiger partial charge in [0, 0.05) is 19.1 Å². The fourth-order valence-corrected chi connectivity index (χ4v) is 1.20. The van der Waals surface area contributed by atoms with Crippen LogP contribution in [0.5, 0.6) is 0 Å². The van der Waals surface area contributed by atoms with Crippen LogP contribution in [0.1, 0.15) is 6.42 Å². The zero-order valence-electron chi connectivity index (χ0n) is 5.72. The summed E-state index contributed by atoms with van der Waals surface area (Å²) in [6.07, 6.45) is 0.768. The molecule has 3 heteroatoms. The van der Waals surface area contributed by atoms with Crippen molar-refractivity contribution in [3.05, 3.63) is 0 Å². The second kappa shape index (κ2) is 3.15. The number of aliphatic hydroxyl groups excluding tert-OH is 1. The predicted molar refractivity (Wildman–Crippen MR) is 36.3 cm³/mol. The average Bonchev–Trinajstić information content (AvgIpc) is 2.17. The van der Waals surface area contributed by atoms with Crippen LogP contribution in [0.25, 0.3) is 0 Å². The maximum absolute atomic E-state index is 9.04. The molecule has 1 heterocycles. The van der Waals surface area contributed by atoms with Gasteiger partial charge in [0.2, 0.25) is 0 Å². The molecular formula is C6H14N2O. The van der Waals surface area contributed by atoms with Crippen molar-refractivity contribution in [3.8, 4) is 0 Å². The van der Waals surface area contributed by atoms with Gasteiger partial charge in [-0.3, -0.25) is 0 Å². The highest BCUT2D eigenvalue weighted by Crippen LogP contribution is 2.03. The second-order valence-electron chi connectivity index (χ2n) is 2.55. The maximum Gasteiger partial charge on any atom is 0.0680 e. The molecule has 1 saturated heterocycles. The Morgan fingerprint density at radius 2 is 2.56 bits per heavy atom. The molecule has 9 heavy (non-hydrogen) atoms. The molecule has 1 rings (SSSR count). The Bertz CT molecular complexity index is 85.1. The van der Waals surface area contributed by atoms with E-state index >= 15 is 0 Å². The molecule has 0 spiro atoms. The highest BCUT2D eigenvalue weighted by Gasteiger charge is 2.20. The standard InChI is InChI=1S/C6H14N2O/c1-7-3-5-2-6(9)4-8-5/h5-9H,2-4H2,1H3/t5-,6-/m0/s1. The molecule has 0 aromatic rings. The van der Waals surface area contributed by atoms with Crippen molar-refractivity contribution in [2.45, 2.75) is 18.6 Å². The first kappa shape index (κ1) is 6.99. The minimum absolute atomic E-state index is 0.122. The molecule has 0 saturated carbocycles. The predicted octanol–water partition coefficient (Wildman–Crippen LogP) is -1.07. The summed E-state index contributed by atoms with van der Waals surface area (Å²) >= 11 is 0. The number of aliphatic hydroxyl groups is 1. The van der Waals surface area contributed by atoms with Crippen molar-refractivity contribution in [1.29, 1.82) is 0 Å². The fraction of sp³-hybridized carbons (Fsp3) is 1.00. The lowest BCUT2D eigenvalue weighted by molar-refractivity contribution is 0.193. The molecule has 3 N–H and O–H groups in total. The lowest BCUT2D eigenvalue weighted by Crippen LogP contribution is -2.31. The summed E-state index contributed by atoms with van der Waals surface area (Å²) in [6, 6.07) is 0.477. The molecule has 0 amide bonds. The number of nitrogens with one attached hydrogen (secondary N) is 2. The minimum Gasteiger partial charge on any atom is -0.392 e. The SMILES string of the molecule is CNC[C@@H]1C[C@H](O)CN1. The van der Waals surface area contributed by atoms with E-state index in [9.17, 15) is 0 Å². The highest BCUT2D eigenvalue weighted by molar-refractivity contribution is 4.81. The number of likely N-dealkylation sites (N-methyl/N-ethyl adjacent to an activating group) is 1. The van der Waals surface area contributed by atoms with E-state index in [4.69, 9.17) is 5.11 Å². The average molecular weight is 130 g/mol. The van der Waals surface area contributed by atoms with Crippen molar-refractivity contribution in [1.82, 2.24) is 10.6 Å². The number of hydrogen-bond donors (Lipinski definition) is 3. The van der Waals surface area contributed by atoms with Crippen LogP contribution in [0.15, 0.2) is 0 Å². The van der Waals surface area contributed by atoms with Gasteiger partial charge in [-0.25, -0.2) is 0 Å². The summed E-state index contributed by atoms with van der Waals surface area (Å²) in [4.78, 5) is 0. The third-order valence-electron chi connectivity index (χ3n) is 1.65. The van der Waals surface area contributed by atoms with Crippen LogP contribution < -0.4 is 10.6 Å². The summed E-state index contributed by atoms with van der Waals surface area (Å²) < 4.78 is 0. The van der Waals surface area contributed by atoms with Gasteiger partial charge < -0.3 is 15.7 Å². The van der Waals surface area contributed by atoms with Gasteiger partial charge >= 0.3 is 0 Å². The van der Waals surface area contributed by atoms with Crippen LogP contribution in [-0.4, -0.2) is 37.4 Å². The molecule has 2 atom stereocenters. The quantitative estimate of drug-likeness (QED) is 0.446. The van der Waals surface area contributed by atoms with Crippen LogP contribution in [-0.2, 0) is 0 Å². The van der Waals surface area contributed by atoms with E-state index in [0.717, 1.165) is 19.5 Å². The molecule has 0 unspecified atom stereocenters. The summed E-state index contributed by atoms with van der Waals surface area (Å²) in [6.45, 7) is 1.71. The summed E-state index contributed by atoms with van der Waals surface area (Å²) in [5, 5.41) is 15.3. The van der Waals surface area contributed by atoms with Gasteiger partial charge in [0.1, 0.15) is 0 Å². The molecule has 1 fully saturated rings. The topological polar surface area (TPSA) is 44.3 Å². The van der Waals surface area contributed by atoms with Gasteiger partial charge in [0.15, 0.2) is 0 Å². The molecule has 0 aliphatic carbocycles. The summed E-state index contributed by atoms with van der Waals surface area (Å²) in [5.74, 6) is 0. The van der Waals surface area contributed by atoms with Gasteiger partial charge in [-0.05, 0) is 13.5 Å². The van der Waals surface area contributed by atoms with E-state index in [1.807, 2.05) is 7.05 Å². The van der Waals surface area contributed by atoms with Gasteiger partial charge in [-0.15, -0.1) is 0 Å². The Labute approximate surface area is 55.5 Å². The Kier molecular flexibility index (Phi) is 2.45. The minimum atomic E-state index is -0.122. The molecule has 1 aliphatic heterocycles. The number of β-amino-alcohol motifs (C(OH)–C–C–N with tert-alkyl or cyclic N) is 1. The van der Waals surface area contributed by atoms with Crippen molar-refractivity contribution in [3.63, 3.8) is 0 Å². The van der Waals surface area contributed by atoms with Crippen molar-refractivity contribution in [2.75, 3.05) is 20.1 Å². The molecule has 0 bridgehead atoms. The van der Waals surface area contributed by atoms with Gasteiger partial charge in [0.05, 0.1) is 6.10 Å². The second-order valence-corrected chi connectivity index (χ2v) is 2.55. The van der Waals surface area contributed by atoms with Crippen LogP contribution >= 0.6 is 0 Å². The first-order chi connectivity index (χ1) is 4.33. The Balaban J connectivity index is 2.14. The van der Waals surface area contributed by atoms with E-state index < -0.39 is 0 Å². The Morgan fingerprint density at radius 3 is 3.00 bits per heavy atom. The van der Waals surface area contributed by atoms with E-state index in [0.29, 0.717) is 6.04 Å². The number of rotatable bonds is 2. The van der Waals surface area contributed by atoms with E-state index in [1.165, 1.54) is 0 Å². The highest BCUT2D eigenvalue weighted by atomic mass is 16.3. The molecule has 1 aliphatic rings. The third kappa shape index (κ3) is 1.93. The van der Waals surface area contributed by atoms with Crippen LogP contribution in [0.4, 0.5) is 0 Å². The zero-order valence-corrected chi connectivity index (χ0v) is 5.72. The van der Waals surface area contributed by atoms with Crippen LogP contribution in [0.3, 0.4) is 0 Å². The summed E-state index contributed by atoms with van der Waals surface area (Å²) in [7, 11) is 1.92.